The summed E-state index contributed by atoms with van der Waals surface area (Å²) in [5.41, 5.74) is 0. The largest absolute Gasteiger partial charge is 0.360 e. The zero-order chi connectivity index (χ0) is 9.60. The summed E-state index contributed by atoms with van der Waals surface area (Å²) in [5, 5.41) is 0. The van der Waals surface area contributed by atoms with E-state index in [1.165, 1.54) is 19.4 Å². The zero-order valence-corrected chi connectivity index (χ0v) is 9.43. The highest BCUT2D eigenvalue weighted by molar-refractivity contribution is 8.00. The molecule has 78 valence electrons. The Bertz CT molecular complexity index is 260. The molecule has 0 amide bonds. The first-order chi connectivity index (χ1) is 6.79. The Morgan fingerprint density at radius 3 is 3.29 bits per heavy atom. The van der Waals surface area contributed by atoms with Gasteiger partial charge in [-0.1, -0.05) is 6.08 Å². The SMILES string of the molecule is CN1CCC2C=CC3(C[C@@H]21)OCCS3. The second-order valence-corrected chi connectivity index (χ2v) is 5.96. The van der Waals surface area contributed by atoms with E-state index in [1.54, 1.807) is 0 Å². The summed E-state index contributed by atoms with van der Waals surface area (Å²) in [6, 6.07) is 0.727. The minimum atomic E-state index is 0.0414. The maximum atomic E-state index is 5.89. The fraction of sp³-hybridized carbons (Fsp3) is 0.818. The molecule has 1 aliphatic carbocycles. The van der Waals surface area contributed by atoms with E-state index in [4.69, 9.17) is 4.74 Å². The number of thioether (sulfide) groups is 1. The molecule has 0 aromatic rings. The number of fused-ring (bicyclic) bond motifs is 1. The minimum Gasteiger partial charge on any atom is -0.360 e. The third-order valence-corrected chi connectivity index (χ3v) is 5.02. The molecule has 3 heteroatoms. The van der Waals surface area contributed by atoms with Gasteiger partial charge in [0.05, 0.1) is 6.61 Å². The fourth-order valence-electron chi connectivity index (χ4n) is 2.88. The Morgan fingerprint density at radius 2 is 2.50 bits per heavy atom. The van der Waals surface area contributed by atoms with Crippen molar-refractivity contribution in [2.45, 2.75) is 23.8 Å². The molecule has 3 rings (SSSR count). The lowest BCUT2D eigenvalue weighted by Crippen LogP contribution is -2.40. The predicted molar refractivity (Wildman–Crippen MR) is 59.4 cm³/mol. The second-order valence-electron chi connectivity index (χ2n) is 4.57. The molecule has 2 saturated heterocycles. The molecule has 2 unspecified atom stereocenters. The number of rotatable bonds is 0. The average molecular weight is 211 g/mol. The maximum absolute atomic E-state index is 5.89. The molecule has 1 spiro atoms. The van der Waals surface area contributed by atoms with Crippen LogP contribution < -0.4 is 0 Å². The first-order valence-corrected chi connectivity index (χ1v) is 6.45. The smallest absolute Gasteiger partial charge is 0.133 e. The van der Waals surface area contributed by atoms with Gasteiger partial charge < -0.3 is 9.64 Å². The van der Waals surface area contributed by atoms with Crippen molar-refractivity contribution in [1.82, 2.24) is 4.90 Å². The van der Waals surface area contributed by atoms with Crippen molar-refractivity contribution < 1.29 is 4.74 Å². The molecule has 0 aromatic heterocycles. The first-order valence-electron chi connectivity index (χ1n) is 5.47. The van der Waals surface area contributed by atoms with Gasteiger partial charge in [-0.25, -0.2) is 0 Å². The van der Waals surface area contributed by atoms with Crippen LogP contribution in [-0.4, -0.2) is 41.8 Å². The van der Waals surface area contributed by atoms with Crippen LogP contribution in [-0.2, 0) is 4.74 Å². The molecular formula is C11H17NOS. The van der Waals surface area contributed by atoms with E-state index in [0.29, 0.717) is 0 Å². The van der Waals surface area contributed by atoms with Crippen molar-refractivity contribution in [2.24, 2.45) is 5.92 Å². The van der Waals surface area contributed by atoms with E-state index < -0.39 is 0 Å². The van der Waals surface area contributed by atoms with Crippen LogP contribution in [0.2, 0.25) is 0 Å². The second kappa shape index (κ2) is 3.26. The van der Waals surface area contributed by atoms with Crippen LogP contribution in [0.1, 0.15) is 12.8 Å². The molecule has 2 aliphatic heterocycles. The highest BCUT2D eigenvalue weighted by atomic mass is 32.2. The van der Waals surface area contributed by atoms with Gasteiger partial charge in [-0.05, 0) is 32.0 Å². The zero-order valence-electron chi connectivity index (χ0n) is 8.61. The van der Waals surface area contributed by atoms with Crippen LogP contribution in [0.3, 0.4) is 0 Å². The molecular weight excluding hydrogens is 194 g/mol. The molecule has 14 heavy (non-hydrogen) atoms. The van der Waals surface area contributed by atoms with Gasteiger partial charge in [0.15, 0.2) is 0 Å². The van der Waals surface area contributed by atoms with Gasteiger partial charge in [-0.15, -0.1) is 11.8 Å². The third kappa shape index (κ3) is 1.34. The summed E-state index contributed by atoms with van der Waals surface area (Å²) in [6.07, 6.45) is 7.24. The fourth-order valence-corrected chi connectivity index (χ4v) is 4.03. The highest BCUT2D eigenvalue weighted by Crippen LogP contribution is 2.45. The van der Waals surface area contributed by atoms with Gasteiger partial charge in [-0.2, -0.15) is 0 Å². The molecule has 0 bridgehead atoms. The Balaban J connectivity index is 1.84. The van der Waals surface area contributed by atoms with Gasteiger partial charge in [-0.3, -0.25) is 0 Å². The number of likely N-dealkylation sites (tertiary alicyclic amines) is 1. The quantitative estimate of drug-likeness (QED) is 0.566. The van der Waals surface area contributed by atoms with E-state index in [0.717, 1.165) is 24.3 Å². The van der Waals surface area contributed by atoms with Crippen molar-refractivity contribution in [3.05, 3.63) is 12.2 Å². The molecule has 2 fully saturated rings. The van der Waals surface area contributed by atoms with Gasteiger partial charge in [0, 0.05) is 18.2 Å². The van der Waals surface area contributed by atoms with Gasteiger partial charge in [0.1, 0.15) is 4.93 Å². The summed E-state index contributed by atoms with van der Waals surface area (Å²) >= 11 is 1.98. The van der Waals surface area contributed by atoms with Crippen molar-refractivity contribution in [3.8, 4) is 0 Å². The van der Waals surface area contributed by atoms with E-state index in [2.05, 4.69) is 24.1 Å². The van der Waals surface area contributed by atoms with Crippen LogP contribution in [0.25, 0.3) is 0 Å². The minimum absolute atomic E-state index is 0.0414. The molecule has 2 heterocycles. The van der Waals surface area contributed by atoms with Gasteiger partial charge in [0.2, 0.25) is 0 Å². The van der Waals surface area contributed by atoms with Crippen LogP contribution in [0.4, 0.5) is 0 Å². The summed E-state index contributed by atoms with van der Waals surface area (Å²) < 4.78 is 5.89. The molecule has 0 aromatic carbocycles. The Hall–Kier alpha value is 0.01000. The Morgan fingerprint density at radius 1 is 1.57 bits per heavy atom. The van der Waals surface area contributed by atoms with E-state index >= 15 is 0 Å². The first kappa shape index (κ1) is 9.25. The summed E-state index contributed by atoms with van der Waals surface area (Å²) in [4.78, 5) is 2.54. The normalized spacial score (nSPS) is 47.5. The van der Waals surface area contributed by atoms with Crippen molar-refractivity contribution in [3.63, 3.8) is 0 Å². The third-order valence-electron chi connectivity index (χ3n) is 3.74. The van der Waals surface area contributed by atoms with E-state index in [1.807, 2.05) is 11.8 Å². The molecule has 0 radical (unpaired) electrons. The maximum Gasteiger partial charge on any atom is 0.133 e. The van der Waals surface area contributed by atoms with Gasteiger partial charge in [0.25, 0.3) is 0 Å². The molecule has 0 saturated carbocycles. The highest BCUT2D eigenvalue weighted by Gasteiger charge is 2.44. The Labute approximate surface area is 89.7 Å². The lowest BCUT2D eigenvalue weighted by atomic mass is 9.89. The number of ether oxygens (including phenoxy) is 1. The van der Waals surface area contributed by atoms with Crippen molar-refractivity contribution >= 4 is 11.8 Å². The Kier molecular flexibility index (Phi) is 2.15. The van der Waals surface area contributed by atoms with Crippen LogP contribution in [0.15, 0.2) is 12.2 Å². The van der Waals surface area contributed by atoms with Crippen LogP contribution in [0, 0.1) is 5.92 Å². The molecule has 3 aliphatic rings. The van der Waals surface area contributed by atoms with Crippen LogP contribution in [0.5, 0.6) is 0 Å². The summed E-state index contributed by atoms with van der Waals surface area (Å²) in [7, 11) is 2.25. The molecule has 2 nitrogen and oxygen atoms in total. The average Bonchev–Trinajstić information content (AvgIpc) is 2.77. The number of nitrogens with zero attached hydrogens (tertiary/aromatic N) is 1. The summed E-state index contributed by atoms with van der Waals surface area (Å²) in [6.45, 7) is 2.18. The molecule has 3 atom stereocenters. The number of hydrogen-bond donors (Lipinski definition) is 0. The molecule has 0 N–H and O–H groups in total. The monoisotopic (exact) mass is 211 g/mol. The standard InChI is InChI=1S/C11H17NOS/c1-12-5-3-9-2-4-11(8-10(9)12)13-6-7-14-11/h2,4,9-10H,3,5-8H2,1H3/t9?,10-,11?/m0/s1. The van der Waals surface area contributed by atoms with E-state index in [-0.39, 0.29) is 4.93 Å². The van der Waals surface area contributed by atoms with Crippen LogP contribution >= 0.6 is 11.8 Å². The lowest BCUT2D eigenvalue weighted by molar-refractivity contribution is 0.0529. The van der Waals surface area contributed by atoms with Gasteiger partial charge >= 0.3 is 0 Å². The van der Waals surface area contributed by atoms with Crippen molar-refractivity contribution in [2.75, 3.05) is 26.0 Å². The topological polar surface area (TPSA) is 12.5 Å². The summed E-state index contributed by atoms with van der Waals surface area (Å²) in [5.74, 6) is 1.95. The number of hydrogen-bond acceptors (Lipinski definition) is 3. The van der Waals surface area contributed by atoms with E-state index in [9.17, 15) is 0 Å². The van der Waals surface area contributed by atoms with Crippen molar-refractivity contribution in [1.29, 1.82) is 0 Å². The lowest BCUT2D eigenvalue weighted by Gasteiger charge is -2.36. The predicted octanol–water partition coefficient (Wildman–Crippen LogP) is 1.73.